The molecule has 0 amide bonds. The van der Waals surface area contributed by atoms with Gasteiger partial charge in [-0.1, -0.05) is 93.5 Å². The molecule has 0 radical (unpaired) electrons. The van der Waals surface area contributed by atoms with Crippen molar-refractivity contribution < 1.29 is 9.59 Å². The number of ketones is 2. The molecule has 3 aromatic carbocycles. The molecule has 3 aromatic rings. The van der Waals surface area contributed by atoms with E-state index in [9.17, 15) is 9.59 Å². The van der Waals surface area contributed by atoms with Crippen LogP contribution in [-0.2, 0) is 10.8 Å². The highest BCUT2D eigenvalue weighted by molar-refractivity contribution is 6.02. The van der Waals surface area contributed by atoms with Gasteiger partial charge < -0.3 is 0 Å². The van der Waals surface area contributed by atoms with Crippen molar-refractivity contribution in [3.05, 3.63) is 81.9 Å². The van der Waals surface area contributed by atoms with Crippen molar-refractivity contribution in [1.82, 2.24) is 0 Å². The van der Waals surface area contributed by atoms with Crippen LogP contribution < -0.4 is 0 Å². The number of hydrogen-bond acceptors (Lipinski definition) is 2. The number of rotatable bonds is 2. The highest BCUT2D eigenvalue weighted by atomic mass is 16.1. The molecule has 0 saturated heterocycles. The SMILES string of the molecule is CC(C)(C)C(=O)c1ccc2c(c1)C(C)(C)c1cc3c(cc1-2)C(C)(C)c1cc(C(=O)C(C)(C)C)ccc1-3. The van der Waals surface area contributed by atoms with E-state index in [1.165, 1.54) is 44.5 Å². The third-order valence-corrected chi connectivity index (χ3v) is 8.36. The zero-order valence-corrected chi connectivity index (χ0v) is 23.4. The Bertz CT molecular complexity index is 1350. The van der Waals surface area contributed by atoms with Gasteiger partial charge in [0.2, 0.25) is 0 Å². The van der Waals surface area contributed by atoms with E-state index in [1.807, 2.05) is 53.7 Å². The molecule has 0 spiro atoms. The summed E-state index contributed by atoms with van der Waals surface area (Å²) in [5.74, 6) is 0.352. The molecule has 0 N–H and O–H groups in total. The minimum Gasteiger partial charge on any atom is -0.294 e. The summed E-state index contributed by atoms with van der Waals surface area (Å²) in [6.07, 6.45) is 0. The van der Waals surface area contributed by atoms with Crippen LogP contribution in [0.3, 0.4) is 0 Å². The molecule has 2 aliphatic rings. The van der Waals surface area contributed by atoms with Gasteiger partial charge in [-0.15, -0.1) is 0 Å². The van der Waals surface area contributed by atoms with Crippen molar-refractivity contribution in [2.45, 2.75) is 80.1 Å². The summed E-state index contributed by atoms with van der Waals surface area (Å²) in [5, 5.41) is 0. The van der Waals surface area contributed by atoms with E-state index in [0.717, 1.165) is 11.1 Å². The highest BCUT2D eigenvalue weighted by Crippen LogP contribution is 2.56. The van der Waals surface area contributed by atoms with Gasteiger partial charge in [-0.05, 0) is 68.8 Å². The van der Waals surface area contributed by atoms with Crippen LogP contribution in [0, 0.1) is 10.8 Å². The molecule has 0 unspecified atom stereocenters. The van der Waals surface area contributed by atoms with E-state index < -0.39 is 10.8 Å². The second kappa shape index (κ2) is 7.28. The topological polar surface area (TPSA) is 34.1 Å². The molecule has 0 bridgehead atoms. The number of hydrogen-bond donors (Lipinski definition) is 0. The van der Waals surface area contributed by atoms with Crippen molar-refractivity contribution >= 4 is 11.6 Å². The largest absolute Gasteiger partial charge is 0.294 e. The molecular formula is C34H38O2. The Labute approximate surface area is 216 Å². The normalized spacial score (nSPS) is 16.7. The lowest BCUT2D eigenvalue weighted by Crippen LogP contribution is -2.21. The third kappa shape index (κ3) is 3.37. The van der Waals surface area contributed by atoms with Crippen molar-refractivity contribution in [1.29, 1.82) is 0 Å². The molecule has 2 aliphatic carbocycles. The van der Waals surface area contributed by atoms with Crippen LogP contribution in [0.2, 0.25) is 0 Å². The number of carbonyl (C=O) groups is 2. The molecule has 0 atom stereocenters. The monoisotopic (exact) mass is 478 g/mol. The first kappa shape index (κ1) is 24.7. The summed E-state index contributed by atoms with van der Waals surface area (Å²) in [7, 11) is 0. The van der Waals surface area contributed by atoms with Gasteiger partial charge in [-0.25, -0.2) is 0 Å². The van der Waals surface area contributed by atoms with Crippen molar-refractivity contribution in [3.8, 4) is 22.3 Å². The second-order valence-corrected chi connectivity index (χ2v) is 13.9. The second-order valence-electron chi connectivity index (χ2n) is 13.9. The molecule has 2 heteroatoms. The predicted molar refractivity (Wildman–Crippen MR) is 149 cm³/mol. The van der Waals surface area contributed by atoms with Gasteiger partial charge in [0.05, 0.1) is 0 Å². The third-order valence-electron chi connectivity index (χ3n) is 8.36. The molecule has 2 nitrogen and oxygen atoms in total. The fraction of sp³-hybridized carbons (Fsp3) is 0.412. The van der Waals surface area contributed by atoms with Crippen LogP contribution in [-0.4, -0.2) is 11.6 Å². The molecule has 36 heavy (non-hydrogen) atoms. The molecule has 0 saturated carbocycles. The Morgan fingerprint density at radius 3 is 1.11 bits per heavy atom. The molecule has 186 valence electrons. The summed E-state index contributed by atoms with van der Waals surface area (Å²) >= 11 is 0. The molecule has 0 fully saturated rings. The van der Waals surface area contributed by atoms with Gasteiger partial charge >= 0.3 is 0 Å². The van der Waals surface area contributed by atoms with Crippen LogP contribution in [0.1, 0.15) is 112 Å². The summed E-state index contributed by atoms with van der Waals surface area (Å²) in [6, 6.07) is 17.3. The molecular weight excluding hydrogens is 440 g/mol. The predicted octanol–water partition coefficient (Wildman–Crippen LogP) is 8.76. The Balaban J connectivity index is 1.67. The number of carbonyl (C=O) groups excluding carboxylic acids is 2. The lowest BCUT2D eigenvalue weighted by atomic mass is 9.78. The number of Topliss-reactive ketones (excluding diaryl/α,β-unsaturated/α-hetero) is 2. The summed E-state index contributed by atoms with van der Waals surface area (Å²) in [5.41, 5.74) is 10.4. The van der Waals surface area contributed by atoms with E-state index in [-0.39, 0.29) is 22.4 Å². The number of fused-ring (bicyclic) bond motifs is 6. The van der Waals surface area contributed by atoms with E-state index >= 15 is 0 Å². The summed E-state index contributed by atoms with van der Waals surface area (Å²) < 4.78 is 0. The Morgan fingerprint density at radius 2 is 0.806 bits per heavy atom. The summed E-state index contributed by atoms with van der Waals surface area (Å²) in [6.45, 7) is 20.9. The highest BCUT2D eigenvalue weighted by Gasteiger charge is 2.42. The Morgan fingerprint density at radius 1 is 0.500 bits per heavy atom. The zero-order valence-electron chi connectivity index (χ0n) is 23.4. The summed E-state index contributed by atoms with van der Waals surface area (Å²) in [4.78, 5) is 26.1. The fourth-order valence-electron chi connectivity index (χ4n) is 6.11. The van der Waals surface area contributed by atoms with Crippen molar-refractivity contribution in [2.24, 2.45) is 10.8 Å². The minimum atomic E-state index is -0.411. The van der Waals surface area contributed by atoms with Gasteiger partial charge in [0.15, 0.2) is 11.6 Å². The van der Waals surface area contributed by atoms with E-state index in [4.69, 9.17) is 0 Å². The first-order valence-electron chi connectivity index (χ1n) is 13.0. The molecule has 0 aliphatic heterocycles. The zero-order chi connectivity index (χ0) is 26.6. The maximum atomic E-state index is 13.0. The smallest absolute Gasteiger partial charge is 0.168 e. The Hall–Kier alpha value is -3.00. The minimum absolute atomic E-state index is 0.176. The van der Waals surface area contributed by atoms with Crippen LogP contribution in [0.4, 0.5) is 0 Å². The maximum Gasteiger partial charge on any atom is 0.168 e. The molecule has 0 aromatic heterocycles. The fourth-order valence-corrected chi connectivity index (χ4v) is 6.11. The molecule has 5 rings (SSSR count). The average Bonchev–Trinajstić information content (AvgIpc) is 3.14. The van der Waals surface area contributed by atoms with Crippen molar-refractivity contribution in [2.75, 3.05) is 0 Å². The standard InChI is InChI=1S/C34H38O2/c1-31(2,3)29(35)19-11-13-21-23-17-28-24(18-27(23)33(7,8)25(21)15-19)22-14-12-20(30(36)32(4,5)6)16-26(22)34(28,9)10/h11-18H,1-10H3. The van der Waals surface area contributed by atoms with E-state index in [1.54, 1.807) is 0 Å². The lowest BCUT2D eigenvalue weighted by molar-refractivity contribution is 0.0852. The van der Waals surface area contributed by atoms with E-state index in [0.29, 0.717) is 0 Å². The van der Waals surface area contributed by atoms with Gasteiger partial charge in [-0.3, -0.25) is 9.59 Å². The van der Waals surface area contributed by atoms with Gasteiger partial charge in [0, 0.05) is 32.8 Å². The van der Waals surface area contributed by atoms with Gasteiger partial charge in [-0.2, -0.15) is 0 Å². The quantitative estimate of drug-likeness (QED) is 0.345. The first-order valence-corrected chi connectivity index (χ1v) is 13.0. The lowest BCUT2D eigenvalue weighted by Gasteiger charge is -2.25. The van der Waals surface area contributed by atoms with Gasteiger partial charge in [0.25, 0.3) is 0 Å². The van der Waals surface area contributed by atoms with E-state index in [2.05, 4.69) is 64.1 Å². The van der Waals surface area contributed by atoms with Gasteiger partial charge in [0.1, 0.15) is 0 Å². The first-order chi connectivity index (χ1) is 16.5. The van der Waals surface area contributed by atoms with Crippen LogP contribution in [0.25, 0.3) is 22.3 Å². The average molecular weight is 479 g/mol. The number of benzene rings is 3. The Kier molecular flexibility index (Phi) is 4.99. The van der Waals surface area contributed by atoms with Crippen LogP contribution in [0.5, 0.6) is 0 Å². The van der Waals surface area contributed by atoms with Crippen LogP contribution >= 0.6 is 0 Å². The van der Waals surface area contributed by atoms with Crippen LogP contribution in [0.15, 0.2) is 48.5 Å². The maximum absolute atomic E-state index is 13.0. The molecule has 0 heterocycles. The van der Waals surface area contributed by atoms with Crippen molar-refractivity contribution in [3.63, 3.8) is 0 Å².